The fourth-order valence-electron chi connectivity index (χ4n) is 2.75. The minimum absolute atomic E-state index is 0.650. The number of likely N-dealkylation sites (N-methyl/N-ethyl adjacent to an activating group) is 1. The Balaban J connectivity index is 2.02. The van der Waals surface area contributed by atoms with Crippen LogP contribution in [0, 0.1) is 6.92 Å². The fraction of sp³-hybridized carbons (Fsp3) is 0.769. The van der Waals surface area contributed by atoms with Gasteiger partial charge >= 0.3 is 0 Å². The molecule has 2 heterocycles. The molecule has 1 aliphatic rings. The SMILES string of the molecule is CCN1CCN(Cc2c(Br)c(C)nn2C)CC1C. The van der Waals surface area contributed by atoms with Crippen LogP contribution in [-0.2, 0) is 13.6 Å². The zero-order valence-corrected chi connectivity index (χ0v) is 13.4. The normalized spacial score (nSPS) is 22.6. The standard InChI is InChI=1S/C13H23BrN4/c1-5-18-7-6-17(8-10(18)2)9-12-13(14)11(3)15-16(12)4/h10H,5-9H2,1-4H3. The van der Waals surface area contributed by atoms with Gasteiger partial charge in [-0.15, -0.1) is 0 Å². The lowest BCUT2D eigenvalue weighted by Crippen LogP contribution is -2.51. The van der Waals surface area contributed by atoms with Gasteiger partial charge in [-0.05, 0) is 36.3 Å². The number of hydrogen-bond acceptors (Lipinski definition) is 3. The third-order valence-corrected chi connectivity index (χ3v) is 4.92. The first-order valence-corrected chi connectivity index (χ1v) is 7.46. The van der Waals surface area contributed by atoms with E-state index in [1.807, 2.05) is 18.7 Å². The smallest absolute Gasteiger partial charge is 0.0739 e. The number of piperazine rings is 1. The summed E-state index contributed by atoms with van der Waals surface area (Å²) >= 11 is 3.65. The number of aromatic nitrogens is 2. The van der Waals surface area contributed by atoms with Crippen molar-refractivity contribution >= 4 is 15.9 Å². The molecule has 1 aliphatic heterocycles. The Morgan fingerprint density at radius 2 is 2.11 bits per heavy atom. The van der Waals surface area contributed by atoms with Crippen LogP contribution in [0.5, 0.6) is 0 Å². The number of aryl methyl sites for hydroxylation is 2. The third kappa shape index (κ3) is 2.78. The molecule has 0 saturated carbocycles. The van der Waals surface area contributed by atoms with E-state index in [0.29, 0.717) is 6.04 Å². The maximum Gasteiger partial charge on any atom is 0.0739 e. The van der Waals surface area contributed by atoms with Crippen LogP contribution in [0.4, 0.5) is 0 Å². The third-order valence-electron chi connectivity index (χ3n) is 3.89. The van der Waals surface area contributed by atoms with E-state index < -0.39 is 0 Å². The lowest BCUT2D eigenvalue weighted by molar-refractivity contribution is 0.0817. The molecular formula is C13H23BrN4. The van der Waals surface area contributed by atoms with E-state index >= 15 is 0 Å². The Labute approximate surface area is 118 Å². The van der Waals surface area contributed by atoms with Crippen molar-refractivity contribution in [3.8, 4) is 0 Å². The van der Waals surface area contributed by atoms with Crippen molar-refractivity contribution in [2.24, 2.45) is 7.05 Å². The molecule has 0 radical (unpaired) electrons. The van der Waals surface area contributed by atoms with Gasteiger partial charge in [0.05, 0.1) is 15.9 Å². The topological polar surface area (TPSA) is 24.3 Å². The average molecular weight is 315 g/mol. The molecule has 0 N–H and O–H groups in total. The van der Waals surface area contributed by atoms with Crippen LogP contribution >= 0.6 is 15.9 Å². The van der Waals surface area contributed by atoms with E-state index in [-0.39, 0.29) is 0 Å². The highest BCUT2D eigenvalue weighted by molar-refractivity contribution is 9.10. The molecular weight excluding hydrogens is 292 g/mol. The first-order chi connectivity index (χ1) is 8.52. The summed E-state index contributed by atoms with van der Waals surface area (Å²) in [6.45, 7) is 12.2. The predicted molar refractivity (Wildman–Crippen MR) is 77.6 cm³/mol. The molecule has 1 fully saturated rings. The van der Waals surface area contributed by atoms with E-state index in [1.165, 1.54) is 12.2 Å². The number of nitrogens with zero attached hydrogens (tertiary/aromatic N) is 4. The first-order valence-electron chi connectivity index (χ1n) is 6.67. The van der Waals surface area contributed by atoms with Crippen molar-refractivity contribution < 1.29 is 0 Å². The summed E-state index contributed by atoms with van der Waals surface area (Å²) in [4.78, 5) is 5.07. The summed E-state index contributed by atoms with van der Waals surface area (Å²) in [7, 11) is 2.03. The molecule has 1 atom stereocenters. The molecule has 1 aromatic heterocycles. The molecule has 0 bridgehead atoms. The second kappa shape index (κ2) is 5.72. The monoisotopic (exact) mass is 314 g/mol. The minimum atomic E-state index is 0.650. The van der Waals surface area contributed by atoms with Crippen LogP contribution in [-0.4, -0.2) is 51.8 Å². The van der Waals surface area contributed by atoms with Crippen molar-refractivity contribution in [2.75, 3.05) is 26.2 Å². The summed E-state index contributed by atoms with van der Waals surface area (Å²) < 4.78 is 3.16. The number of halogens is 1. The van der Waals surface area contributed by atoms with Crippen LogP contribution in [0.15, 0.2) is 4.47 Å². The lowest BCUT2D eigenvalue weighted by Gasteiger charge is -2.39. The zero-order valence-electron chi connectivity index (χ0n) is 11.8. The van der Waals surface area contributed by atoms with Gasteiger partial charge in [-0.1, -0.05) is 6.92 Å². The molecule has 0 aliphatic carbocycles. The van der Waals surface area contributed by atoms with Gasteiger partial charge in [-0.3, -0.25) is 14.5 Å². The Hall–Kier alpha value is -0.390. The van der Waals surface area contributed by atoms with Crippen LogP contribution in [0.3, 0.4) is 0 Å². The summed E-state index contributed by atoms with van der Waals surface area (Å²) in [6.07, 6.45) is 0. The van der Waals surface area contributed by atoms with Gasteiger partial charge < -0.3 is 0 Å². The fourth-order valence-corrected chi connectivity index (χ4v) is 3.21. The van der Waals surface area contributed by atoms with Crippen molar-refractivity contribution in [3.63, 3.8) is 0 Å². The summed E-state index contributed by atoms with van der Waals surface area (Å²) in [6, 6.07) is 0.650. The molecule has 1 unspecified atom stereocenters. The number of hydrogen-bond donors (Lipinski definition) is 0. The van der Waals surface area contributed by atoms with E-state index in [9.17, 15) is 0 Å². The van der Waals surface area contributed by atoms with Gasteiger partial charge in [0.2, 0.25) is 0 Å². The highest BCUT2D eigenvalue weighted by atomic mass is 79.9. The Bertz CT molecular complexity index is 415. The van der Waals surface area contributed by atoms with Crippen LogP contribution in [0.25, 0.3) is 0 Å². The van der Waals surface area contributed by atoms with Crippen molar-refractivity contribution in [1.82, 2.24) is 19.6 Å². The van der Waals surface area contributed by atoms with Crippen molar-refractivity contribution in [1.29, 1.82) is 0 Å². The largest absolute Gasteiger partial charge is 0.298 e. The quantitative estimate of drug-likeness (QED) is 0.853. The predicted octanol–water partition coefficient (Wildman–Crippen LogP) is 2.02. The van der Waals surface area contributed by atoms with Gasteiger partial charge in [-0.2, -0.15) is 5.10 Å². The van der Waals surface area contributed by atoms with E-state index in [4.69, 9.17) is 0 Å². The minimum Gasteiger partial charge on any atom is -0.298 e. The second-order valence-corrected chi connectivity index (χ2v) is 5.98. The van der Waals surface area contributed by atoms with Gasteiger partial charge in [-0.25, -0.2) is 0 Å². The molecule has 1 saturated heterocycles. The maximum atomic E-state index is 4.46. The molecule has 0 amide bonds. The molecule has 0 aromatic carbocycles. The highest BCUT2D eigenvalue weighted by Crippen LogP contribution is 2.22. The molecule has 102 valence electrons. The van der Waals surface area contributed by atoms with Gasteiger partial charge in [0.25, 0.3) is 0 Å². The molecule has 2 rings (SSSR count). The van der Waals surface area contributed by atoms with Crippen LogP contribution in [0.1, 0.15) is 25.2 Å². The van der Waals surface area contributed by atoms with Crippen molar-refractivity contribution in [3.05, 3.63) is 15.9 Å². The molecule has 4 nitrogen and oxygen atoms in total. The van der Waals surface area contributed by atoms with E-state index in [0.717, 1.165) is 36.3 Å². The average Bonchev–Trinajstić information content (AvgIpc) is 2.56. The molecule has 1 aromatic rings. The summed E-state index contributed by atoms with van der Waals surface area (Å²) in [5, 5.41) is 4.46. The maximum absolute atomic E-state index is 4.46. The molecule has 0 spiro atoms. The highest BCUT2D eigenvalue weighted by Gasteiger charge is 2.24. The molecule has 18 heavy (non-hydrogen) atoms. The van der Waals surface area contributed by atoms with Gasteiger partial charge in [0.15, 0.2) is 0 Å². The Kier molecular flexibility index (Phi) is 4.45. The summed E-state index contributed by atoms with van der Waals surface area (Å²) in [5.41, 5.74) is 2.36. The van der Waals surface area contributed by atoms with Gasteiger partial charge in [0.1, 0.15) is 0 Å². The second-order valence-electron chi connectivity index (χ2n) is 5.18. The number of rotatable bonds is 3. The Morgan fingerprint density at radius 3 is 2.61 bits per heavy atom. The zero-order chi connectivity index (χ0) is 13.3. The summed E-state index contributed by atoms with van der Waals surface area (Å²) in [5.74, 6) is 0. The van der Waals surface area contributed by atoms with Gasteiger partial charge in [0, 0.05) is 39.3 Å². The lowest BCUT2D eigenvalue weighted by atomic mass is 10.2. The van der Waals surface area contributed by atoms with Crippen molar-refractivity contribution in [2.45, 2.75) is 33.4 Å². The van der Waals surface area contributed by atoms with E-state index in [2.05, 4.69) is 44.7 Å². The van der Waals surface area contributed by atoms with Crippen LogP contribution in [0.2, 0.25) is 0 Å². The molecule has 5 heteroatoms. The Morgan fingerprint density at radius 1 is 1.39 bits per heavy atom. The first kappa shape index (κ1) is 14.0. The van der Waals surface area contributed by atoms with E-state index in [1.54, 1.807) is 0 Å². The van der Waals surface area contributed by atoms with Crippen LogP contribution < -0.4 is 0 Å².